The molecule has 7 nitrogen and oxygen atoms in total. The van der Waals surface area contributed by atoms with E-state index in [-0.39, 0.29) is 13.0 Å². The molecule has 2 N–H and O–H groups in total. The van der Waals surface area contributed by atoms with Crippen molar-refractivity contribution in [3.05, 3.63) is 65.7 Å². The third kappa shape index (κ3) is 6.64. The summed E-state index contributed by atoms with van der Waals surface area (Å²) in [6.07, 6.45) is 0.0115. The zero-order valence-corrected chi connectivity index (χ0v) is 14.4. The second kappa shape index (κ2) is 9.83. The number of hydrazine groups is 1. The van der Waals surface area contributed by atoms with Crippen LogP contribution in [0.4, 0.5) is 0 Å². The Hall–Kier alpha value is -3.35. The minimum absolute atomic E-state index is 0.0115. The summed E-state index contributed by atoms with van der Waals surface area (Å²) in [7, 11) is 0. The number of hydrogen-bond donors (Lipinski definition) is 2. The number of aryl methyl sites for hydroxylation is 1. The van der Waals surface area contributed by atoms with Gasteiger partial charge >= 0.3 is 5.97 Å². The number of carbonyl (C=O) groups is 3. The second-order valence-corrected chi connectivity index (χ2v) is 5.44. The first-order chi connectivity index (χ1) is 12.5. The van der Waals surface area contributed by atoms with Crippen molar-refractivity contribution in [1.82, 2.24) is 10.9 Å². The summed E-state index contributed by atoms with van der Waals surface area (Å²) in [5.74, 6) is -1.000. The molecule has 0 saturated heterocycles. The molecule has 0 fully saturated rings. The van der Waals surface area contributed by atoms with Gasteiger partial charge in [0.25, 0.3) is 11.8 Å². The van der Waals surface area contributed by atoms with Crippen molar-refractivity contribution in [3.8, 4) is 5.75 Å². The molecule has 0 aliphatic heterocycles. The van der Waals surface area contributed by atoms with Crippen LogP contribution in [0.15, 0.2) is 54.6 Å². The molecule has 26 heavy (non-hydrogen) atoms. The molecule has 0 bridgehead atoms. The minimum atomic E-state index is -0.637. The number of carbonyl (C=O) groups excluding carboxylic acids is 3. The van der Waals surface area contributed by atoms with Crippen molar-refractivity contribution in [2.75, 3.05) is 13.2 Å². The molecule has 0 unspecified atom stereocenters. The monoisotopic (exact) mass is 356 g/mol. The predicted octanol–water partition coefficient (Wildman–Crippen LogP) is 1.77. The van der Waals surface area contributed by atoms with Crippen molar-refractivity contribution < 1.29 is 23.9 Å². The molecule has 0 aromatic heterocycles. The highest BCUT2D eigenvalue weighted by molar-refractivity contribution is 5.95. The van der Waals surface area contributed by atoms with Crippen LogP contribution in [0, 0.1) is 6.92 Å². The van der Waals surface area contributed by atoms with E-state index in [1.807, 2.05) is 25.1 Å². The van der Waals surface area contributed by atoms with E-state index >= 15 is 0 Å². The van der Waals surface area contributed by atoms with Gasteiger partial charge in [0, 0.05) is 5.56 Å². The Bertz CT molecular complexity index is 762. The van der Waals surface area contributed by atoms with Gasteiger partial charge in [0.05, 0.1) is 13.0 Å². The van der Waals surface area contributed by atoms with Gasteiger partial charge < -0.3 is 9.47 Å². The summed E-state index contributed by atoms with van der Waals surface area (Å²) >= 11 is 0. The normalized spacial score (nSPS) is 9.88. The Morgan fingerprint density at radius 2 is 1.73 bits per heavy atom. The van der Waals surface area contributed by atoms with Gasteiger partial charge in [-0.3, -0.25) is 25.2 Å². The number of hydrogen-bond acceptors (Lipinski definition) is 5. The Labute approximate surface area is 151 Å². The molecule has 2 aromatic carbocycles. The van der Waals surface area contributed by atoms with Gasteiger partial charge in [-0.25, -0.2) is 0 Å². The number of esters is 1. The van der Waals surface area contributed by atoms with Crippen LogP contribution in [-0.2, 0) is 14.3 Å². The van der Waals surface area contributed by atoms with E-state index in [9.17, 15) is 14.4 Å². The third-order valence-corrected chi connectivity index (χ3v) is 3.28. The summed E-state index contributed by atoms with van der Waals surface area (Å²) in [4.78, 5) is 34.9. The van der Waals surface area contributed by atoms with E-state index in [1.54, 1.807) is 36.4 Å². The summed E-state index contributed by atoms with van der Waals surface area (Å²) in [5.41, 5.74) is 5.87. The molecule has 2 rings (SSSR count). The Kier molecular flexibility index (Phi) is 7.17. The number of rotatable bonds is 7. The second-order valence-electron chi connectivity index (χ2n) is 5.44. The topological polar surface area (TPSA) is 93.7 Å². The summed E-state index contributed by atoms with van der Waals surface area (Å²) in [6.45, 7) is 1.60. The number of ether oxygens (including phenoxy) is 2. The molecular formula is C19H20N2O5. The van der Waals surface area contributed by atoms with Crippen LogP contribution in [0.1, 0.15) is 22.3 Å². The van der Waals surface area contributed by atoms with Gasteiger partial charge in [0.2, 0.25) is 0 Å². The Morgan fingerprint density at radius 1 is 0.962 bits per heavy atom. The van der Waals surface area contributed by atoms with Crippen molar-refractivity contribution in [2.24, 2.45) is 0 Å². The predicted molar refractivity (Wildman–Crippen MR) is 94.3 cm³/mol. The van der Waals surface area contributed by atoms with Gasteiger partial charge in [0.1, 0.15) is 5.75 Å². The number of benzene rings is 2. The smallest absolute Gasteiger partial charge is 0.309 e. The fraction of sp³-hybridized carbons (Fsp3) is 0.211. The molecule has 136 valence electrons. The minimum Gasteiger partial charge on any atom is -0.493 e. The van der Waals surface area contributed by atoms with Crippen LogP contribution in [-0.4, -0.2) is 31.0 Å². The maximum atomic E-state index is 11.7. The standard InChI is InChI=1S/C19H20N2O5/c1-14-6-5-9-16(12-14)25-11-10-18(23)26-13-17(22)20-21-19(24)15-7-3-2-4-8-15/h2-9,12H,10-11,13H2,1H3,(H,20,22)(H,21,24). The highest BCUT2D eigenvalue weighted by Gasteiger charge is 2.10. The molecule has 7 heteroatoms. The largest absolute Gasteiger partial charge is 0.493 e. The first-order valence-corrected chi connectivity index (χ1v) is 8.04. The molecule has 2 amide bonds. The van der Waals surface area contributed by atoms with Crippen LogP contribution in [0.5, 0.6) is 5.75 Å². The Morgan fingerprint density at radius 3 is 2.46 bits per heavy atom. The average Bonchev–Trinajstić information content (AvgIpc) is 2.65. The van der Waals surface area contributed by atoms with Gasteiger partial charge in [-0.2, -0.15) is 0 Å². The third-order valence-electron chi connectivity index (χ3n) is 3.28. The maximum Gasteiger partial charge on any atom is 0.309 e. The first kappa shape index (κ1) is 19.0. The van der Waals surface area contributed by atoms with Crippen molar-refractivity contribution in [1.29, 1.82) is 0 Å². The lowest BCUT2D eigenvalue weighted by atomic mass is 10.2. The van der Waals surface area contributed by atoms with E-state index in [4.69, 9.17) is 9.47 Å². The van der Waals surface area contributed by atoms with Crippen molar-refractivity contribution >= 4 is 17.8 Å². The average molecular weight is 356 g/mol. The lowest BCUT2D eigenvalue weighted by Gasteiger charge is -2.09. The van der Waals surface area contributed by atoms with Crippen molar-refractivity contribution in [3.63, 3.8) is 0 Å². The molecule has 0 radical (unpaired) electrons. The molecule has 0 spiro atoms. The van der Waals surface area contributed by atoms with Gasteiger partial charge in [0.15, 0.2) is 6.61 Å². The molecule has 0 saturated carbocycles. The number of amides is 2. The van der Waals surface area contributed by atoms with Crippen LogP contribution in [0.2, 0.25) is 0 Å². The zero-order chi connectivity index (χ0) is 18.8. The Balaban J connectivity index is 1.61. The summed E-state index contributed by atoms with van der Waals surface area (Å²) in [6, 6.07) is 15.8. The molecule has 0 aliphatic rings. The van der Waals surface area contributed by atoms with E-state index < -0.39 is 24.4 Å². The SMILES string of the molecule is Cc1cccc(OCCC(=O)OCC(=O)NNC(=O)c2ccccc2)c1. The lowest BCUT2D eigenvalue weighted by molar-refractivity contribution is -0.149. The van der Waals surface area contributed by atoms with Crippen LogP contribution in [0.25, 0.3) is 0 Å². The molecule has 0 heterocycles. The van der Waals surface area contributed by atoms with Gasteiger partial charge in [-0.1, -0.05) is 30.3 Å². The fourth-order valence-electron chi connectivity index (χ4n) is 2.00. The van der Waals surface area contributed by atoms with Gasteiger partial charge in [-0.15, -0.1) is 0 Å². The fourth-order valence-corrected chi connectivity index (χ4v) is 2.00. The first-order valence-electron chi connectivity index (χ1n) is 8.04. The van der Waals surface area contributed by atoms with Crippen LogP contribution < -0.4 is 15.6 Å². The number of nitrogens with one attached hydrogen (secondary N) is 2. The van der Waals surface area contributed by atoms with Crippen LogP contribution in [0.3, 0.4) is 0 Å². The van der Waals surface area contributed by atoms with Crippen molar-refractivity contribution in [2.45, 2.75) is 13.3 Å². The highest BCUT2D eigenvalue weighted by Crippen LogP contribution is 2.12. The zero-order valence-electron chi connectivity index (χ0n) is 14.4. The highest BCUT2D eigenvalue weighted by atomic mass is 16.5. The molecule has 2 aromatic rings. The molecule has 0 atom stereocenters. The summed E-state index contributed by atoms with van der Waals surface area (Å²) in [5, 5.41) is 0. The molecular weight excluding hydrogens is 336 g/mol. The van der Waals surface area contributed by atoms with E-state index in [0.29, 0.717) is 11.3 Å². The van der Waals surface area contributed by atoms with E-state index in [0.717, 1.165) is 5.56 Å². The van der Waals surface area contributed by atoms with Gasteiger partial charge in [-0.05, 0) is 36.8 Å². The lowest BCUT2D eigenvalue weighted by Crippen LogP contribution is -2.43. The van der Waals surface area contributed by atoms with E-state index in [1.165, 1.54) is 0 Å². The molecule has 0 aliphatic carbocycles. The maximum absolute atomic E-state index is 11.7. The van der Waals surface area contributed by atoms with E-state index in [2.05, 4.69) is 10.9 Å². The van der Waals surface area contributed by atoms with Crippen LogP contribution >= 0.6 is 0 Å². The quantitative estimate of drug-likeness (QED) is 0.582. The summed E-state index contributed by atoms with van der Waals surface area (Å²) < 4.78 is 10.3.